The van der Waals surface area contributed by atoms with Crippen molar-refractivity contribution < 1.29 is 32.2 Å². The molecule has 0 aromatic carbocycles. The minimum atomic E-state index is -5.07. The summed E-state index contributed by atoms with van der Waals surface area (Å²) in [5.74, 6) is -2.76. The van der Waals surface area contributed by atoms with Crippen LogP contribution in [0.5, 0.6) is 0 Å². The van der Waals surface area contributed by atoms with Gasteiger partial charge >= 0.3 is 18.1 Å². The number of likely N-dealkylation sites (tertiary alicyclic amines) is 1. The lowest BCUT2D eigenvalue weighted by atomic mass is 10.2. The van der Waals surface area contributed by atoms with Crippen molar-refractivity contribution >= 4 is 11.9 Å². The van der Waals surface area contributed by atoms with Gasteiger partial charge in [0.2, 0.25) is 0 Å². The summed E-state index contributed by atoms with van der Waals surface area (Å²) >= 11 is 0. The molecule has 0 radical (unpaired) electrons. The third-order valence-electron chi connectivity index (χ3n) is 3.54. The van der Waals surface area contributed by atoms with Gasteiger partial charge in [-0.15, -0.1) is 0 Å². The van der Waals surface area contributed by atoms with Crippen LogP contribution >= 0.6 is 0 Å². The molecular weight excluding hydrogens is 265 g/mol. The predicted octanol–water partition coefficient (Wildman–Crippen LogP) is 0.896. The first-order chi connectivity index (χ1) is 8.85. The maximum Gasteiger partial charge on any atom is 0.497 e. The van der Waals surface area contributed by atoms with Crippen LogP contribution in [0.4, 0.5) is 13.2 Å². The maximum absolute atomic E-state index is 12.3. The Bertz CT molecular complexity index is 372. The second-order valence-corrected chi connectivity index (χ2v) is 4.91. The van der Waals surface area contributed by atoms with Crippen LogP contribution in [-0.2, 0) is 14.4 Å². The molecule has 2 saturated heterocycles. The summed E-state index contributed by atoms with van der Waals surface area (Å²) in [6.45, 7) is 0.904. The Hall–Kier alpha value is -1.15. The third-order valence-corrected chi connectivity index (χ3v) is 3.54. The first-order valence-corrected chi connectivity index (χ1v) is 6.31. The highest BCUT2D eigenvalue weighted by atomic mass is 19.4. The molecule has 5 nitrogen and oxygen atoms in total. The number of hydroxylamine groups is 3. The summed E-state index contributed by atoms with van der Waals surface area (Å²) in [7, 11) is 0. The normalized spacial score (nSPS) is 26.4. The molecule has 0 aliphatic carbocycles. The number of rotatable bonds is 1. The average molecular weight is 281 g/mol. The molecule has 0 aromatic heterocycles. The SMILES string of the molecule is O=C(O[N+]1(C(=O)[C@@H]2CCCN2)CCCC1)C(F)(F)F. The van der Waals surface area contributed by atoms with E-state index in [0.717, 1.165) is 6.42 Å². The fourth-order valence-corrected chi connectivity index (χ4v) is 2.59. The maximum atomic E-state index is 12.3. The Balaban J connectivity index is 2.13. The second kappa shape index (κ2) is 5.09. The first kappa shape index (κ1) is 14.3. The summed E-state index contributed by atoms with van der Waals surface area (Å²) in [4.78, 5) is 27.8. The van der Waals surface area contributed by atoms with Gasteiger partial charge in [0.25, 0.3) is 0 Å². The molecule has 2 aliphatic heterocycles. The van der Waals surface area contributed by atoms with E-state index in [9.17, 15) is 22.8 Å². The Labute approximate surface area is 108 Å². The number of carbonyl (C=O) groups is 2. The molecular formula is C11H16F3N2O3+. The lowest BCUT2D eigenvalue weighted by Gasteiger charge is -2.29. The van der Waals surface area contributed by atoms with Gasteiger partial charge in [-0.05, 0) is 19.4 Å². The van der Waals surface area contributed by atoms with E-state index in [1.807, 2.05) is 0 Å². The minimum absolute atomic E-state index is 0.124. The number of alkyl halides is 3. The molecule has 2 fully saturated rings. The van der Waals surface area contributed by atoms with Crippen molar-refractivity contribution in [3.63, 3.8) is 0 Å². The van der Waals surface area contributed by atoms with Crippen LogP contribution in [0.2, 0.25) is 0 Å². The van der Waals surface area contributed by atoms with Crippen LogP contribution in [0, 0.1) is 0 Å². The van der Waals surface area contributed by atoms with Gasteiger partial charge in [0.1, 0.15) is 19.1 Å². The molecule has 108 valence electrons. The standard InChI is InChI=1S/C11H16F3N2O3/c12-11(13,14)10(18)19-16(6-1-2-7-16)9(17)8-4-3-5-15-8/h8,15H,1-7H2/q+1/t8-/m0/s1. The predicted molar refractivity (Wildman–Crippen MR) is 57.4 cm³/mol. The molecule has 0 spiro atoms. The second-order valence-electron chi connectivity index (χ2n) is 4.91. The van der Waals surface area contributed by atoms with Gasteiger partial charge in [0.05, 0.1) is 0 Å². The lowest BCUT2D eigenvalue weighted by Crippen LogP contribution is -2.58. The molecule has 19 heavy (non-hydrogen) atoms. The van der Waals surface area contributed by atoms with Gasteiger partial charge in [-0.2, -0.15) is 13.2 Å². The lowest BCUT2D eigenvalue weighted by molar-refractivity contribution is -1.02. The summed E-state index contributed by atoms with van der Waals surface area (Å²) < 4.78 is 36.1. The number of quaternary nitrogens is 1. The van der Waals surface area contributed by atoms with Crippen LogP contribution in [0.15, 0.2) is 0 Å². The molecule has 0 bridgehead atoms. The molecule has 0 saturated carbocycles. The molecule has 8 heteroatoms. The molecule has 2 aliphatic rings. The van der Waals surface area contributed by atoms with Crippen molar-refractivity contribution in [2.24, 2.45) is 0 Å². The zero-order valence-corrected chi connectivity index (χ0v) is 10.3. The largest absolute Gasteiger partial charge is 0.497 e. The summed E-state index contributed by atoms with van der Waals surface area (Å²) in [6.07, 6.45) is -2.56. The fraction of sp³-hybridized carbons (Fsp3) is 0.818. The zero-order valence-electron chi connectivity index (χ0n) is 10.3. The summed E-state index contributed by atoms with van der Waals surface area (Å²) in [5, 5.41) is 2.93. The molecule has 0 unspecified atom stereocenters. The van der Waals surface area contributed by atoms with Crippen molar-refractivity contribution in [2.45, 2.75) is 37.9 Å². The van der Waals surface area contributed by atoms with Gasteiger partial charge in [0.15, 0.2) is 0 Å². The van der Waals surface area contributed by atoms with Gasteiger partial charge < -0.3 is 5.32 Å². The number of halogens is 3. The molecule has 0 aromatic rings. The average Bonchev–Trinajstić information content (AvgIpc) is 2.98. The van der Waals surface area contributed by atoms with Crippen molar-refractivity contribution in [2.75, 3.05) is 19.6 Å². The monoisotopic (exact) mass is 281 g/mol. The summed E-state index contributed by atoms with van der Waals surface area (Å²) in [5.41, 5.74) is 0. The Morgan fingerprint density at radius 3 is 2.26 bits per heavy atom. The van der Waals surface area contributed by atoms with Gasteiger partial charge in [-0.3, -0.25) is 4.84 Å². The van der Waals surface area contributed by atoms with Gasteiger partial charge in [-0.1, -0.05) is 4.65 Å². The highest BCUT2D eigenvalue weighted by Crippen LogP contribution is 2.28. The number of hydrogen-bond donors (Lipinski definition) is 1. The van der Waals surface area contributed by atoms with Crippen molar-refractivity contribution in [1.82, 2.24) is 5.32 Å². The van der Waals surface area contributed by atoms with E-state index in [1.54, 1.807) is 0 Å². The van der Waals surface area contributed by atoms with Crippen LogP contribution in [0.1, 0.15) is 25.7 Å². The van der Waals surface area contributed by atoms with E-state index in [1.165, 1.54) is 0 Å². The van der Waals surface area contributed by atoms with E-state index >= 15 is 0 Å². The molecule has 1 atom stereocenters. The van der Waals surface area contributed by atoms with Crippen LogP contribution < -0.4 is 5.32 Å². The Morgan fingerprint density at radius 1 is 1.16 bits per heavy atom. The van der Waals surface area contributed by atoms with E-state index in [-0.39, 0.29) is 13.1 Å². The Morgan fingerprint density at radius 2 is 1.79 bits per heavy atom. The third kappa shape index (κ3) is 2.89. The van der Waals surface area contributed by atoms with Crippen LogP contribution in [-0.4, -0.2) is 48.4 Å². The van der Waals surface area contributed by atoms with Crippen molar-refractivity contribution in [1.29, 1.82) is 0 Å². The molecule has 1 N–H and O–H groups in total. The van der Waals surface area contributed by atoms with E-state index in [0.29, 0.717) is 25.8 Å². The molecule has 1 amide bonds. The highest BCUT2D eigenvalue weighted by Gasteiger charge is 2.54. The first-order valence-electron chi connectivity index (χ1n) is 6.31. The number of amides is 1. The zero-order chi connectivity index (χ0) is 14.1. The van der Waals surface area contributed by atoms with E-state index < -0.39 is 28.7 Å². The number of nitrogens with zero attached hydrogens (tertiary/aromatic N) is 1. The number of hydrogen-bond acceptors (Lipinski definition) is 4. The Kier molecular flexibility index (Phi) is 3.82. The van der Waals surface area contributed by atoms with Gasteiger partial charge in [0, 0.05) is 12.8 Å². The minimum Gasteiger partial charge on any atom is -0.302 e. The highest BCUT2D eigenvalue weighted by molar-refractivity contribution is 5.79. The van der Waals surface area contributed by atoms with Crippen LogP contribution in [0.25, 0.3) is 0 Å². The van der Waals surface area contributed by atoms with Gasteiger partial charge in [-0.25, -0.2) is 9.59 Å². The van der Waals surface area contributed by atoms with Crippen molar-refractivity contribution in [3.05, 3.63) is 0 Å². The van der Waals surface area contributed by atoms with E-state index in [2.05, 4.69) is 10.2 Å². The van der Waals surface area contributed by atoms with E-state index in [4.69, 9.17) is 0 Å². The smallest absolute Gasteiger partial charge is 0.302 e. The summed E-state index contributed by atoms with van der Waals surface area (Å²) in [6, 6.07) is -0.515. The molecule has 2 heterocycles. The number of carbonyl (C=O) groups excluding carboxylic acids is 2. The topological polar surface area (TPSA) is 55.4 Å². The quantitative estimate of drug-likeness (QED) is 0.725. The van der Waals surface area contributed by atoms with Crippen molar-refractivity contribution in [3.8, 4) is 0 Å². The molecule has 2 rings (SSSR count). The number of nitrogens with one attached hydrogen (secondary N) is 1. The van der Waals surface area contributed by atoms with Crippen LogP contribution in [0.3, 0.4) is 0 Å². The fourth-order valence-electron chi connectivity index (χ4n) is 2.59.